The maximum atomic E-state index is 12.6. The molecule has 1 saturated heterocycles. The Kier molecular flexibility index (Phi) is 3.95. The minimum absolute atomic E-state index is 0.0513. The highest BCUT2D eigenvalue weighted by Gasteiger charge is 2.28. The predicted molar refractivity (Wildman–Crippen MR) is 100 cm³/mol. The molecule has 3 aromatic rings. The third-order valence-corrected chi connectivity index (χ3v) is 5.52. The summed E-state index contributed by atoms with van der Waals surface area (Å²) in [6, 6.07) is 8.14. The van der Waals surface area contributed by atoms with E-state index in [-0.39, 0.29) is 12.1 Å². The van der Waals surface area contributed by atoms with E-state index in [1.807, 2.05) is 36.9 Å². The quantitative estimate of drug-likeness (QED) is 0.758. The molecule has 1 fully saturated rings. The number of aromatic nitrogens is 3. The lowest BCUT2D eigenvalue weighted by molar-refractivity contribution is 0.220. The molecule has 1 N–H and O–H groups in total. The van der Waals surface area contributed by atoms with Crippen LogP contribution in [0.1, 0.15) is 28.9 Å². The van der Waals surface area contributed by atoms with Crippen molar-refractivity contribution in [3.05, 3.63) is 40.7 Å². The first-order valence-corrected chi connectivity index (χ1v) is 9.27. The fourth-order valence-corrected chi connectivity index (χ4v) is 4.33. The van der Waals surface area contributed by atoms with Gasteiger partial charge in [0.1, 0.15) is 0 Å². The summed E-state index contributed by atoms with van der Waals surface area (Å²) in [4.78, 5) is 18.9. The van der Waals surface area contributed by atoms with Gasteiger partial charge in [-0.25, -0.2) is 9.78 Å². The molecule has 130 valence electrons. The van der Waals surface area contributed by atoms with Gasteiger partial charge in [-0.3, -0.25) is 4.68 Å². The minimum atomic E-state index is -0.0513. The first-order chi connectivity index (χ1) is 12.0. The van der Waals surface area contributed by atoms with E-state index in [1.165, 1.54) is 0 Å². The van der Waals surface area contributed by atoms with Crippen LogP contribution in [0, 0.1) is 20.8 Å². The molecule has 7 heteroatoms. The summed E-state index contributed by atoms with van der Waals surface area (Å²) >= 11 is 1.64. The SMILES string of the molecule is Cc1cc(C)n([C@@H]2CCN(C(=O)Nc3ccc4nc(C)sc4c3)C2)n1. The zero-order valence-corrected chi connectivity index (χ0v) is 15.4. The van der Waals surface area contributed by atoms with Crippen molar-refractivity contribution >= 4 is 33.3 Å². The fourth-order valence-electron chi connectivity index (χ4n) is 3.46. The number of nitrogens with zero attached hydrogens (tertiary/aromatic N) is 4. The molecular formula is C18H21N5OS. The molecule has 2 amide bonds. The molecule has 3 heterocycles. The van der Waals surface area contributed by atoms with Gasteiger partial charge in [0.2, 0.25) is 0 Å². The Labute approximate surface area is 150 Å². The second-order valence-corrected chi connectivity index (χ2v) is 7.84. The molecule has 1 aliphatic rings. The number of aryl methyl sites for hydroxylation is 3. The Bertz CT molecular complexity index is 944. The van der Waals surface area contributed by atoms with Gasteiger partial charge in [0.25, 0.3) is 0 Å². The van der Waals surface area contributed by atoms with E-state index in [0.29, 0.717) is 6.54 Å². The Morgan fingerprint density at radius 3 is 2.88 bits per heavy atom. The maximum absolute atomic E-state index is 12.6. The largest absolute Gasteiger partial charge is 0.322 e. The van der Waals surface area contributed by atoms with Gasteiger partial charge in [0.05, 0.1) is 27.0 Å². The van der Waals surface area contributed by atoms with Gasteiger partial charge >= 0.3 is 6.03 Å². The van der Waals surface area contributed by atoms with Crippen LogP contribution in [0.15, 0.2) is 24.3 Å². The number of nitrogens with one attached hydrogen (secondary N) is 1. The molecule has 6 nitrogen and oxygen atoms in total. The van der Waals surface area contributed by atoms with Gasteiger partial charge < -0.3 is 10.2 Å². The summed E-state index contributed by atoms with van der Waals surface area (Å²) < 4.78 is 3.15. The summed E-state index contributed by atoms with van der Waals surface area (Å²) in [6.45, 7) is 7.49. The zero-order valence-electron chi connectivity index (χ0n) is 14.6. The van der Waals surface area contributed by atoms with Crippen molar-refractivity contribution < 1.29 is 4.79 Å². The van der Waals surface area contributed by atoms with Crippen molar-refractivity contribution in [1.29, 1.82) is 0 Å². The Morgan fingerprint density at radius 2 is 2.12 bits per heavy atom. The molecule has 1 aliphatic heterocycles. The van der Waals surface area contributed by atoms with Crippen molar-refractivity contribution in [2.75, 3.05) is 18.4 Å². The zero-order chi connectivity index (χ0) is 17.6. The van der Waals surface area contributed by atoms with Crippen LogP contribution in [-0.2, 0) is 0 Å². The third kappa shape index (κ3) is 3.11. The number of carbonyl (C=O) groups is 1. The summed E-state index contributed by atoms with van der Waals surface area (Å²) in [5, 5.41) is 8.61. The Balaban J connectivity index is 1.45. The number of anilines is 1. The van der Waals surface area contributed by atoms with Crippen LogP contribution in [0.5, 0.6) is 0 Å². The predicted octanol–water partition coefficient (Wildman–Crippen LogP) is 3.90. The standard InChI is InChI=1S/C18H21N5OS/c1-11-8-12(2)23(21-11)15-6-7-22(10-15)18(24)20-14-4-5-16-17(9-14)25-13(3)19-16/h4-5,8-9,15H,6-7,10H2,1-3H3,(H,20,24)/t15-/m1/s1. The number of thiazole rings is 1. The number of benzene rings is 1. The number of hydrogen-bond acceptors (Lipinski definition) is 4. The number of urea groups is 1. The van der Waals surface area contributed by atoms with E-state index in [4.69, 9.17) is 0 Å². The molecule has 0 bridgehead atoms. The highest BCUT2D eigenvalue weighted by Crippen LogP contribution is 2.26. The molecule has 0 radical (unpaired) electrons. The Morgan fingerprint density at radius 1 is 1.28 bits per heavy atom. The number of hydrogen-bond donors (Lipinski definition) is 1. The average molecular weight is 355 g/mol. The van der Waals surface area contributed by atoms with Crippen LogP contribution in [-0.4, -0.2) is 38.8 Å². The molecule has 4 rings (SSSR count). The van der Waals surface area contributed by atoms with Crippen LogP contribution in [0.25, 0.3) is 10.2 Å². The third-order valence-electron chi connectivity index (χ3n) is 4.59. The van der Waals surface area contributed by atoms with Gasteiger partial charge in [-0.2, -0.15) is 5.10 Å². The van der Waals surface area contributed by atoms with Crippen LogP contribution in [0.4, 0.5) is 10.5 Å². The number of amides is 2. The molecule has 1 atom stereocenters. The van der Waals surface area contributed by atoms with Crippen LogP contribution in [0.3, 0.4) is 0 Å². The fraction of sp³-hybridized carbons (Fsp3) is 0.389. The highest BCUT2D eigenvalue weighted by atomic mass is 32.1. The molecule has 25 heavy (non-hydrogen) atoms. The van der Waals surface area contributed by atoms with Gasteiger partial charge in [-0.15, -0.1) is 11.3 Å². The molecule has 0 aliphatic carbocycles. The number of rotatable bonds is 2. The van der Waals surface area contributed by atoms with E-state index in [0.717, 1.165) is 45.3 Å². The second kappa shape index (κ2) is 6.15. The summed E-state index contributed by atoms with van der Waals surface area (Å²) in [5.74, 6) is 0. The molecular weight excluding hydrogens is 334 g/mol. The van der Waals surface area contributed by atoms with Crippen molar-refractivity contribution in [2.24, 2.45) is 0 Å². The number of carbonyl (C=O) groups excluding carboxylic acids is 1. The van der Waals surface area contributed by atoms with Crippen molar-refractivity contribution in [2.45, 2.75) is 33.2 Å². The average Bonchev–Trinajstić information content (AvgIpc) is 3.24. The van der Waals surface area contributed by atoms with Gasteiger partial charge in [0.15, 0.2) is 0 Å². The summed E-state index contributed by atoms with van der Waals surface area (Å²) in [6.07, 6.45) is 0.933. The lowest BCUT2D eigenvalue weighted by Gasteiger charge is -2.18. The lowest BCUT2D eigenvalue weighted by atomic mass is 10.2. The van der Waals surface area contributed by atoms with Gasteiger partial charge in [-0.1, -0.05) is 0 Å². The van der Waals surface area contributed by atoms with E-state index in [9.17, 15) is 4.79 Å². The van der Waals surface area contributed by atoms with Gasteiger partial charge in [-0.05, 0) is 51.5 Å². The monoisotopic (exact) mass is 355 g/mol. The molecule has 0 spiro atoms. The van der Waals surface area contributed by atoms with Gasteiger partial charge in [0, 0.05) is 24.5 Å². The van der Waals surface area contributed by atoms with E-state index >= 15 is 0 Å². The maximum Gasteiger partial charge on any atom is 0.321 e. The normalized spacial score (nSPS) is 17.4. The number of likely N-dealkylation sites (tertiary alicyclic amines) is 1. The van der Waals surface area contributed by atoms with Crippen LogP contribution in [0.2, 0.25) is 0 Å². The summed E-state index contributed by atoms with van der Waals surface area (Å²) in [5.41, 5.74) is 3.96. The lowest BCUT2D eigenvalue weighted by Crippen LogP contribution is -2.33. The molecule has 0 unspecified atom stereocenters. The molecule has 2 aromatic heterocycles. The van der Waals surface area contributed by atoms with Crippen LogP contribution >= 0.6 is 11.3 Å². The van der Waals surface area contributed by atoms with E-state index in [2.05, 4.69) is 33.1 Å². The van der Waals surface area contributed by atoms with Crippen LogP contribution < -0.4 is 5.32 Å². The highest BCUT2D eigenvalue weighted by molar-refractivity contribution is 7.18. The summed E-state index contributed by atoms with van der Waals surface area (Å²) in [7, 11) is 0. The number of fused-ring (bicyclic) bond motifs is 1. The van der Waals surface area contributed by atoms with Crippen molar-refractivity contribution in [1.82, 2.24) is 19.7 Å². The van der Waals surface area contributed by atoms with Crippen molar-refractivity contribution in [3.8, 4) is 0 Å². The minimum Gasteiger partial charge on any atom is -0.322 e. The van der Waals surface area contributed by atoms with E-state index < -0.39 is 0 Å². The smallest absolute Gasteiger partial charge is 0.321 e. The topological polar surface area (TPSA) is 63.1 Å². The second-order valence-electron chi connectivity index (χ2n) is 6.61. The molecule has 1 aromatic carbocycles. The van der Waals surface area contributed by atoms with E-state index in [1.54, 1.807) is 11.3 Å². The van der Waals surface area contributed by atoms with Crippen molar-refractivity contribution in [3.63, 3.8) is 0 Å². The Hall–Kier alpha value is -2.41. The first kappa shape index (κ1) is 16.1. The first-order valence-electron chi connectivity index (χ1n) is 8.45. The molecule has 0 saturated carbocycles.